The Kier molecular flexibility index (Phi) is 3.68. The van der Waals surface area contributed by atoms with E-state index in [0.29, 0.717) is 5.92 Å². The van der Waals surface area contributed by atoms with Crippen molar-refractivity contribution in [1.82, 2.24) is 0 Å². The molecule has 0 spiro atoms. The van der Waals surface area contributed by atoms with Crippen molar-refractivity contribution in [2.24, 2.45) is 23.7 Å². The first-order valence-corrected chi connectivity index (χ1v) is 6.30. The van der Waals surface area contributed by atoms with Crippen LogP contribution in [0.15, 0.2) is 0 Å². The molecular weight excluding hydrogens is 188 g/mol. The molecular formula is C13H24O2. The smallest absolute Gasteiger partial charge is 0.159 e. The Morgan fingerprint density at radius 1 is 1.13 bits per heavy atom. The van der Waals surface area contributed by atoms with Crippen molar-refractivity contribution in [3.8, 4) is 0 Å². The summed E-state index contributed by atoms with van der Waals surface area (Å²) in [5, 5.41) is 0. The van der Waals surface area contributed by atoms with E-state index in [2.05, 4.69) is 6.92 Å². The zero-order chi connectivity index (χ0) is 10.8. The summed E-state index contributed by atoms with van der Waals surface area (Å²) in [4.78, 5) is 0. The Bertz CT molecular complexity index is 201. The Morgan fingerprint density at radius 2 is 1.87 bits per heavy atom. The van der Waals surface area contributed by atoms with E-state index in [9.17, 15) is 0 Å². The summed E-state index contributed by atoms with van der Waals surface area (Å²) in [6, 6.07) is 0. The minimum Gasteiger partial charge on any atom is -0.356 e. The Balaban J connectivity index is 1.81. The summed E-state index contributed by atoms with van der Waals surface area (Å²) < 4.78 is 10.7. The maximum absolute atomic E-state index is 5.33. The third-order valence-corrected chi connectivity index (χ3v) is 4.49. The Hall–Kier alpha value is -0.0800. The monoisotopic (exact) mass is 212 g/mol. The van der Waals surface area contributed by atoms with Crippen LogP contribution in [-0.2, 0) is 9.47 Å². The zero-order valence-corrected chi connectivity index (χ0v) is 10.2. The van der Waals surface area contributed by atoms with Crippen LogP contribution < -0.4 is 0 Å². The number of ether oxygens (including phenoxy) is 2. The van der Waals surface area contributed by atoms with Crippen molar-refractivity contribution >= 4 is 0 Å². The molecule has 4 atom stereocenters. The lowest BCUT2D eigenvalue weighted by Gasteiger charge is -2.28. The maximum Gasteiger partial charge on any atom is 0.159 e. The minimum absolute atomic E-state index is 0.0101. The van der Waals surface area contributed by atoms with Gasteiger partial charge in [0, 0.05) is 20.1 Å². The minimum atomic E-state index is -0.0101. The van der Waals surface area contributed by atoms with Crippen LogP contribution in [0.4, 0.5) is 0 Å². The highest BCUT2D eigenvalue weighted by atomic mass is 16.7. The highest BCUT2D eigenvalue weighted by molar-refractivity contribution is 4.90. The standard InChI is InChI=1S/C13H24O2/c1-9(13(14-2)15-3)6-12-8-10-4-5-11(12)7-10/h9-13H,4-8H2,1-3H3. The van der Waals surface area contributed by atoms with Gasteiger partial charge in [0.15, 0.2) is 6.29 Å². The first-order chi connectivity index (χ1) is 7.24. The van der Waals surface area contributed by atoms with Crippen LogP contribution in [0, 0.1) is 23.7 Å². The largest absolute Gasteiger partial charge is 0.356 e. The van der Waals surface area contributed by atoms with Gasteiger partial charge in [-0.2, -0.15) is 0 Å². The molecule has 2 bridgehead atoms. The third-order valence-electron chi connectivity index (χ3n) is 4.49. The van der Waals surface area contributed by atoms with Crippen molar-refractivity contribution in [3.05, 3.63) is 0 Å². The lowest BCUT2D eigenvalue weighted by Crippen LogP contribution is -2.26. The number of hydrogen-bond acceptors (Lipinski definition) is 2. The van der Waals surface area contributed by atoms with E-state index in [1.807, 2.05) is 0 Å². The van der Waals surface area contributed by atoms with Crippen molar-refractivity contribution < 1.29 is 9.47 Å². The molecule has 2 aliphatic rings. The highest BCUT2D eigenvalue weighted by Crippen LogP contribution is 2.50. The van der Waals surface area contributed by atoms with E-state index in [1.54, 1.807) is 14.2 Å². The first kappa shape index (κ1) is 11.4. The molecule has 0 aromatic heterocycles. The topological polar surface area (TPSA) is 18.5 Å². The van der Waals surface area contributed by atoms with Gasteiger partial charge in [-0.15, -0.1) is 0 Å². The van der Waals surface area contributed by atoms with Gasteiger partial charge in [-0.05, 0) is 43.4 Å². The molecule has 0 saturated heterocycles. The molecule has 88 valence electrons. The van der Waals surface area contributed by atoms with Crippen molar-refractivity contribution in [1.29, 1.82) is 0 Å². The van der Waals surface area contributed by atoms with Gasteiger partial charge in [0.25, 0.3) is 0 Å². The van der Waals surface area contributed by atoms with E-state index in [0.717, 1.165) is 17.8 Å². The van der Waals surface area contributed by atoms with E-state index < -0.39 is 0 Å². The molecule has 2 aliphatic carbocycles. The number of hydrogen-bond donors (Lipinski definition) is 0. The molecule has 2 heteroatoms. The zero-order valence-electron chi connectivity index (χ0n) is 10.2. The molecule has 15 heavy (non-hydrogen) atoms. The molecule has 0 aromatic rings. The average molecular weight is 212 g/mol. The molecule has 0 heterocycles. The van der Waals surface area contributed by atoms with Gasteiger partial charge in [0.2, 0.25) is 0 Å². The molecule has 0 amide bonds. The van der Waals surface area contributed by atoms with E-state index >= 15 is 0 Å². The highest BCUT2D eigenvalue weighted by Gasteiger charge is 2.40. The average Bonchev–Trinajstić information content (AvgIpc) is 2.81. The maximum atomic E-state index is 5.33. The van der Waals surface area contributed by atoms with Gasteiger partial charge in [-0.1, -0.05) is 13.3 Å². The predicted molar refractivity (Wildman–Crippen MR) is 60.5 cm³/mol. The molecule has 2 nitrogen and oxygen atoms in total. The molecule has 2 fully saturated rings. The van der Waals surface area contributed by atoms with Gasteiger partial charge >= 0.3 is 0 Å². The summed E-state index contributed by atoms with van der Waals surface area (Å²) in [6.07, 6.45) is 7.22. The van der Waals surface area contributed by atoms with Crippen LogP contribution in [0.5, 0.6) is 0 Å². The van der Waals surface area contributed by atoms with Crippen LogP contribution in [0.1, 0.15) is 39.0 Å². The van der Waals surface area contributed by atoms with Crippen LogP contribution in [0.25, 0.3) is 0 Å². The van der Waals surface area contributed by atoms with Gasteiger partial charge in [-0.3, -0.25) is 0 Å². The van der Waals surface area contributed by atoms with Crippen molar-refractivity contribution in [2.75, 3.05) is 14.2 Å². The lowest BCUT2D eigenvalue weighted by atomic mass is 9.82. The van der Waals surface area contributed by atoms with Crippen LogP contribution in [0.2, 0.25) is 0 Å². The summed E-state index contributed by atoms with van der Waals surface area (Å²) in [6.45, 7) is 2.25. The quantitative estimate of drug-likeness (QED) is 0.652. The fourth-order valence-electron chi connectivity index (χ4n) is 3.81. The van der Waals surface area contributed by atoms with Crippen molar-refractivity contribution in [3.63, 3.8) is 0 Å². The molecule has 2 rings (SSSR count). The molecule has 0 N–H and O–H groups in total. The molecule has 4 unspecified atom stereocenters. The third kappa shape index (κ3) is 2.36. The number of methoxy groups -OCH3 is 2. The van der Waals surface area contributed by atoms with Gasteiger partial charge in [0.1, 0.15) is 0 Å². The number of rotatable bonds is 5. The van der Waals surface area contributed by atoms with Crippen LogP contribution >= 0.6 is 0 Å². The van der Waals surface area contributed by atoms with Crippen LogP contribution in [-0.4, -0.2) is 20.5 Å². The summed E-state index contributed by atoms with van der Waals surface area (Å²) in [5.74, 6) is 3.55. The van der Waals surface area contributed by atoms with E-state index in [1.165, 1.54) is 32.1 Å². The van der Waals surface area contributed by atoms with Crippen molar-refractivity contribution in [2.45, 2.75) is 45.3 Å². The molecule has 0 aromatic carbocycles. The van der Waals surface area contributed by atoms with Gasteiger partial charge in [-0.25, -0.2) is 0 Å². The molecule has 2 saturated carbocycles. The second-order valence-electron chi connectivity index (χ2n) is 5.49. The summed E-state index contributed by atoms with van der Waals surface area (Å²) in [5.41, 5.74) is 0. The second-order valence-corrected chi connectivity index (χ2v) is 5.49. The first-order valence-electron chi connectivity index (χ1n) is 6.30. The van der Waals surface area contributed by atoms with Gasteiger partial charge < -0.3 is 9.47 Å². The summed E-state index contributed by atoms with van der Waals surface area (Å²) in [7, 11) is 3.48. The SMILES string of the molecule is COC(OC)C(C)CC1CC2CCC1C2. The fraction of sp³-hybridized carbons (Fsp3) is 1.00. The van der Waals surface area contributed by atoms with Crippen LogP contribution in [0.3, 0.4) is 0 Å². The number of fused-ring (bicyclic) bond motifs is 2. The normalized spacial score (nSPS) is 36.4. The van der Waals surface area contributed by atoms with Gasteiger partial charge in [0.05, 0.1) is 0 Å². The molecule has 0 aliphatic heterocycles. The second kappa shape index (κ2) is 4.84. The van der Waals surface area contributed by atoms with E-state index in [4.69, 9.17) is 9.47 Å². The lowest BCUT2D eigenvalue weighted by molar-refractivity contribution is -0.137. The Labute approximate surface area is 93.3 Å². The van der Waals surface area contributed by atoms with E-state index in [-0.39, 0.29) is 6.29 Å². The Morgan fingerprint density at radius 3 is 2.33 bits per heavy atom. The fourth-order valence-corrected chi connectivity index (χ4v) is 3.81. The summed E-state index contributed by atoms with van der Waals surface area (Å²) >= 11 is 0. The predicted octanol–water partition coefficient (Wildman–Crippen LogP) is 3.07. The molecule has 0 radical (unpaired) electrons.